The van der Waals surface area contributed by atoms with Crippen LogP contribution in [-0.4, -0.2) is 47.8 Å². The molecule has 1 aliphatic heterocycles. The number of halogens is 2. The van der Waals surface area contributed by atoms with Gasteiger partial charge < -0.3 is 10.1 Å². The van der Waals surface area contributed by atoms with Gasteiger partial charge in [-0.3, -0.25) is 19.3 Å². The maximum atomic E-state index is 13.1. The van der Waals surface area contributed by atoms with Gasteiger partial charge in [0, 0.05) is 0 Å². The lowest BCUT2D eigenvalue weighted by Crippen LogP contribution is -2.47. The highest BCUT2D eigenvalue weighted by atomic mass is 35.5. The first-order chi connectivity index (χ1) is 13.9. The molecule has 9 heteroatoms. The Labute approximate surface area is 182 Å². The van der Waals surface area contributed by atoms with Gasteiger partial charge >= 0.3 is 0 Å². The molecule has 0 radical (unpaired) electrons. The van der Waals surface area contributed by atoms with E-state index in [9.17, 15) is 14.4 Å². The van der Waals surface area contributed by atoms with E-state index in [-0.39, 0.29) is 21.2 Å². The Bertz CT molecular complexity index is 942. The van der Waals surface area contributed by atoms with E-state index in [0.717, 1.165) is 4.90 Å². The van der Waals surface area contributed by atoms with Gasteiger partial charge in [0.15, 0.2) is 0 Å². The molecule has 1 N–H and O–H groups in total. The van der Waals surface area contributed by atoms with Crippen molar-refractivity contribution < 1.29 is 19.1 Å². The van der Waals surface area contributed by atoms with E-state index in [2.05, 4.69) is 5.32 Å². The standard InChI is InChI=1S/C20H18Cl2N2O4S/c1-28-17-6-4-3-5-15(17)23-18(25)16(7-8-29-2)24-19(26)11-9-13(21)14(22)10-12(11)20(24)27/h3-6,9-10,16H,7-8H2,1-2H3,(H,23,25)/t16-/m1/s1. The van der Waals surface area contributed by atoms with E-state index in [1.807, 2.05) is 6.26 Å². The highest BCUT2D eigenvalue weighted by Gasteiger charge is 2.43. The summed E-state index contributed by atoms with van der Waals surface area (Å²) in [7, 11) is 1.49. The van der Waals surface area contributed by atoms with Crippen molar-refractivity contribution >= 4 is 58.4 Å². The number of anilines is 1. The van der Waals surface area contributed by atoms with Crippen LogP contribution in [0, 0.1) is 0 Å². The summed E-state index contributed by atoms with van der Waals surface area (Å²) in [5.41, 5.74) is 0.740. The molecule has 2 aromatic carbocycles. The lowest BCUT2D eigenvalue weighted by Gasteiger charge is -2.25. The first kappa shape index (κ1) is 21.5. The van der Waals surface area contributed by atoms with Crippen LogP contribution < -0.4 is 10.1 Å². The molecule has 1 aliphatic rings. The van der Waals surface area contributed by atoms with Crippen LogP contribution in [-0.2, 0) is 4.79 Å². The van der Waals surface area contributed by atoms with E-state index in [0.29, 0.717) is 23.6 Å². The molecule has 29 heavy (non-hydrogen) atoms. The predicted molar refractivity (Wildman–Crippen MR) is 115 cm³/mol. The highest BCUT2D eigenvalue weighted by molar-refractivity contribution is 7.98. The quantitative estimate of drug-likeness (QED) is 0.631. The van der Waals surface area contributed by atoms with Crippen LogP contribution in [0.25, 0.3) is 0 Å². The summed E-state index contributed by atoms with van der Waals surface area (Å²) in [6.07, 6.45) is 2.19. The molecule has 0 fully saturated rings. The molecule has 0 aliphatic carbocycles. The molecule has 6 nitrogen and oxygen atoms in total. The van der Waals surface area contributed by atoms with Crippen LogP contribution in [0.3, 0.4) is 0 Å². The van der Waals surface area contributed by atoms with Gasteiger partial charge in [-0.15, -0.1) is 0 Å². The fourth-order valence-electron chi connectivity index (χ4n) is 3.11. The Morgan fingerprint density at radius 2 is 1.72 bits per heavy atom. The molecule has 1 heterocycles. The van der Waals surface area contributed by atoms with E-state index in [4.69, 9.17) is 27.9 Å². The monoisotopic (exact) mass is 452 g/mol. The molecule has 3 amide bonds. The fraction of sp³-hybridized carbons (Fsp3) is 0.250. The molecule has 2 aromatic rings. The summed E-state index contributed by atoms with van der Waals surface area (Å²) in [6, 6.07) is 8.66. The molecule has 3 rings (SSSR count). The number of carbonyl (C=O) groups excluding carboxylic acids is 3. The lowest BCUT2D eigenvalue weighted by atomic mass is 10.1. The predicted octanol–water partition coefficient (Wildman–Crippen LogP) is 4.36. The van der Waals surface area contributed by atoms with Crippen LogP contribution in [0.1, 0.15) is 27.1 Å². The van der Waals surface area contributed by atoms with E-state index in [1.54, 1.807) is 24.3 Å². The second kappa shape index (κ2) is 9.07. The average molecular weight is 453 g/mol. The van der Waals surface area contributed by atoms with Crippen LogP contribution in [0.4, 0.5) is 5.69 Å². The molecule has 152 valence electrons. The highest BCUT2D eigenvalue weighted by Crippen LogP contribution is 2.33. The van der Waals surface area contributed by atoms with Crippen molar-refractivity contribution in [3.63, 3.8) is 0 Å². The van der Waals surface area contributed by atoms with Crippen molar-refractivity contribution in [3.05, 3.63) is 57.6 Å². The zero-order valence-electron chi connectivity index (χ0n) is 15.7. The van der Waals surface area contributed by atoms with Gasteiger partial charge in [0.25, 0.3) is 11.8 Å². The number of ether oxygens (including phenoxy) is 1. The van der Waals surface area contributed by atoms with Crippen molar-refractivity contribution in [1.82, 2.24) is 4.90 Å². The van der Waals surface area contributed by atoms with Crippen molar-refractivity contribution in [3.8, 4) is 5.75 Å². The summed E-state index contributed by atoms with van der Waals surface area (Å²) in [5.74, 6) is -0.547. The molecular weight excluding hydrogens is 435 g/mol. The third kappa shape index (κ3) is 4.22. The number of carbonyl (C=O) groups is 3. The summed E-state index contributed by atoms with van der Waals surface area (Å²) in [4.78, 5) is 40.0. The summed E-state index contributed by atoms with van der Waals surface area (Å²) >= 11 is 13.5. The van der Waals surface area contributed by atoms with Crippen LogP contribution in [0.2, 0.25) is 10.0 Å². The molecule has 0 saturated carbocycles. The Hall–Kier alpha value is -2.22. The van der Waals surface area contributed by atoms with Crippen LogP contribution >= 0.6 is 35.0 Å². The fourth-order valence-corrected chi connectivity index (χ4v) is 3.89. The average Bonchev–Trinajstić information content (AvgIpc) is 2.93. The normalized spacial score (nSPS) is 14.0. The minimum Gasteiger partial charge on any atom is -0.495 e. The maximum Gasteiger partial charge on any atom is 0.262 e. The van der Waals surface area contributed by atoms with Crippen molar-refractivity contribution in [2.75, 3.05) is 24.4 Å². The van der Waals surface area contributed by atoms with E-state index < -0.39 is 23.8 Å². The van der Waals surface area contributed by atoms with E-state index >= 15 is 0 Å². The molecule has 0 unspecified atom stereocenters. The van der Waals surface area contributed by atoms with Crippen LogP contribution in [0.15, 0.2) is 36.4 Å². The number of hydrogen-bond donors (Lipinski definition) is 1. The lowest BCUT2D eigenvalue weighted by molar-refractivity contribution is -0.120. The Morgan fingerprint density at radius 1 is 1.14 bits per heavy atom. The smallest absolute Gasteiger partial charge is 0.262 e. The number of fused-ring (bicyclic) bond motifs is 1. The van der Waals surface area contributed by atoms with Gasteiger partial charge in [0.2, 0.25) is 5.91 Å². The Morgan fingerprint density at radius 3 is 2.28 bits per heavy atom. The Balaban J connectivity index is 1.93. The number of para-hydroxylation sites is 2. The van der Waals surface area contributed by atoms with Gasteiger partial charge in [0.05, 0.1) is 34.0 Å². The minimum atomic E-state index is -0.989. The number of hydrogen-bond acceptors (Lipinski definition) is 5. The molecule has 0 aromatic heterocycles. The molecule has 0 bridgehead atoms. The summed E-state index contributed by atoms with van der Waals surface area (Å²) in [5, 5.41) is 3.11. The van der Waals surface area contributed by atoms with Crippen molar-refractivity contribution in [2.24, 2.45) is 0 Å². The largest absolute Gasteiger partial charge is 0.495 e. The van der Waals surface area contributed by atoms with E-state index in [1.165, 1.54) is 31.0 Å². The van der Waals surface area contributed by atoms with Gasteiger partial charge in [-0.2, -0.15) is 11.8 Å². The number of benzene rings is 2. The number of rotatable bonds is 7. The first-order valence-corrected chi connectivity index (χ1v) is 10.8. The Kier molecular flexibility index (Phi) is 6.72. The van der Waals surface area contributed by atoms with Gasteiger partial charge in [-0.25, -0.2) is 0 Å². The molecule has 0 spiro atoms. The topological polar surface area (TPSA) is 75.7 Å². The van der Waals surface area contributed by atoms with Crippen LogP contribution in [0.5, 0.6) is 5.75 Å². The summed E-state index contributed by atoms with van der Waals surface area (Å²) < 4.78 is 5.26. The number of nitrogens with zero attached hydrogens (tertiary/aromatic N) is 1. The van der Waals surface area contributed by atoms with Crippen molar-refractivity contribution in [2.45, 2.75) is 12.5 Å². The number of amides is 3. The zero-order valence-corrected chi connectivity index (χ0v) is 18.0. The molecular formula is C20H18Cl2N2O4S. The third-order valence-electron chi connectivity index (χ3n) is 4.53. The summed E-state index contributed by atoms with van der Waals surface area (Å²) in [6.45, 7) is 0. The number of nitrogens with one attached hydrogen (secondary N) is 1. The van der Waals surface area contributed by atoms with Crippen molar-refractivity contribution in [1.29, 1.82) is 0 Å². The zero-order chi connectivity index (χ0) is 21.1. The third-order valence-corrected chi connectivity index (χ3v) is 5.90. The second-order valence-electron chi connectivity index (χ2n) is 6.28. The van der Waals surface area contributed by atoms with Gasteiger partial charge in [0.1, 0.15) is 11.8 Å². The second-order valence-corrected chi connectivity index (χ2v) is 8.08. The molecule has 1 atom stereocenters. The number of methoxy groups -OCH3 is 1. The number of thioether (sulfide) groups is 1. The van der Waals surface area contributed by atoms with Gasteiger partial charge in [-0.05, 0) is 42.7 Å². The number of imide groups is 1. The minimum absolute atomic E-state index is 0.142. The first-order valence-electron chi connectivity index (χ1n) is 8.68. The van der Waals surface area contributed by atoms with Gasteiger partial charge in [-0.1, -0.05) is 35.3 Å². The molecule has 0 saturated heterocycles. The maximum absolute atomic E-state index is 13.1. The SMILES string of the molecule is COc1ccccc1NC(=O)[C@@H](CCSC)N1C(=O)c2cc(Cl)c(Cl)cc2C1=O.